The predicted molar refractivity (Wildman–Crippen MR) is 75.1 cm³/mol. The van der Waals surface area contributed by atoms with Crippen molar-refractivity contribution in [2.24, 2.45) is 11.8 Å². The van der Waals surface area contributed by atoms with E-state index in [1.54, 1.807) is 19.1 Å². The molecule has 0 aliphatic carbocycles. The van der Waals surface area contributed by atoms with Crippen LogP contribution in [0.3, 0.4) is 0 Å². The van der Waals surface area contributed by atoms with E-state index >= 15 is 0 Å². The van der Waals surface area contributed by atoms with Gasteiger partial charge in [0.15, 0.2) is 5.78 Å². The van der Waals surface area contributed by atoms with Crippen LogP contribution >= 0.6 is 11.6 Å². The van der Waals surface area contributed by atoms with Gasteiger partial charge in [-0.25, -0.2) is 0 Å². The Kier molecular flexibility index (Phi) is 6.03. The fraction of sp³-hybridized carbons (Fsp3) is 0.467. The molecule has 0 spiro atoms. The molecule has 0 radical (unpaired) electrons. The Morgan fingerprint density at radius 3 is 2.42 bits per heavy atom. The maximum atomic E-state index is 12.3. The highest BCUT2D eigenvalue weighted by Gasteiger charge is 2.31. The van der Waals surface area contributed by atoms with E-state index in [4.69, 9.17) is 16.3 Å². The maximum Gasteiger partial charge on any atom is 0.316 e. The number of esters is 1. The van der Waals surface area contributed by atoms with Crippen LogP contribution in [0.5, 0.6) is 0 Å². The molecule has 0 saturated carbocycles. The molecule has 1 aromatic rings. The molecule has 1 atom stereocenters. The van der Waals surface area contributed by atoms with E-state index < -0.39 is 11.9 Å². The van der Waals surface area contributed by atoms with Crippen molar-refractivity contribution in [3.63, 3.8) is 0 Å². The van der Waals surface area contributed by atoms with Gasteiger partial charge in [0.1, 0.15) is 5.92 Å². The molecule has 0 aliphatic rings. The van der Waals surface area contributed by atoms with Gasteiger partial charge in [0.25, 0.3) is 0 Å². The Morgan fingerprint density at radius 2 is 1.89 bits per heavy atom. The second kappa shape index (κ2) is 7.29. The summed E-state index contributed by atoms with van der Waals surface area (Å²) < 4.78 is 4.96. The summed E-state index contributed by atoms with van der Waals surface area (Å²) >= 11 is 6.02. The van der Waals surface area contributed by atoms with Crippen LogP contribution in [0.1, 0.15) is 26.3 Å². The van der Waals surface area contributed by atoms with Crippen molar-refractivity contribution in [3.8, 4) is 0 Å². The minimum absolute atomic E-state index is 0.0889. The van der Waals surface area contributed by atoms with E-state index in [0.29, 0.717) is 5.02 Å². The van der Waals surface area contributed by atoms with Crippen LogP contribution in [0.4, 0.5) is 0 Å². The highest BCUT2D eigenvalue weighted by Crippen LogP contribution is 2.21. The zero-order chi connectivity index (χ0) is 14.4. The van der Waals surface area contributed by atoms with Crippen molar-refractivity contribution in [2.75, 3.05) is 6.61 Å². The number of rotatable bonds is 6. The molecular weight excluding hydrogens is 264 g/mol. The molecule has 0 fully saturated rings. The zero-order valence-corrected chi connectivity index (χ0v) is 12.2. The topological polar surface area (TPSA) is 43.4 Å². The fourth-order valence-electron chi connectivity index (χ4n) is 1.95. The van der Waals surface area contributed by atoms with Crippen molar-refractivity contribution >= 4 is 23.4 Å². The molecule has 1 rings (SSSR count). The van der Waals surface area contributed by atoms with Crippen LogP contribution in [0.15, 0.2) is 24.3 Å². The summed E-state index contributed by atoms with van der Waals surface area (Å²) in [6.07, 6.45) is 0.154. The van der Waals surface area contributed by atoms with Gasteiger partial charge in [-0.3, -0.25) is 9.59 Å². The van der Waals surface area contributed by atoms with Crippen LogP contribution in [0.2, 0.25) is 5.02 Å². The van der Waals surface area contributed by atoms with Gasteiger partial charge in [0.05, 0.1) is 6.61 Å². The lowest BCUT2D eigenvalue weighted by Crippen LogP contribution is -2.31. The first-order valence-corrected chi connectivity index (χ1v) is 6.77. The minimum atomic E-state index is -0.726. The Labute approximate surface area is 118 Å². The summed E-state index contributed by atoms with van der Waals surface area (Å²) in [5.74, 6) is -1.42. The average Bonchev–Trinajstić information content (AvgIpc) is 2.32. The normalized spacial score (nSPS) is 12.3. The second-order valence-electron chi connectivity index (χ2n) is 4.71. The van der Waals surface area contributed by atoms with Gasteiger partial charge in [0, 0.05) is 11.4 Å². The monoisotopic (exact) mass is 282 g/mol. The molecule has 1 aromatic carbocycles. The fourth-order valence-corrected chi connectivity index (χ4v) is 2.15. The van der Waals surface area contributed by atoms with Crippen LogP contribution in [0, 0.1) is 11.8 Å². The molecule has 0 aromatic heterocycles. The predicted octanol–water partition coefficient (Wildman–Crippen LogP) is 3.29. The van der Waals surface area contributed by atoms with Gasteiger partial charge in [0.2, 0.25) is 0 Å². The molecule has 3 nitrogen and oxygen atoms in total. The third-order valence-corrected chi connectivity index (χ3v) is 3.25. The number of benzene rings is 1. The van der Waals surface area contributed by atoms with Crippen molar-refractivity contribution in [2.45, 2.75) is 27.2 Å². The van der Waals surface area contributed by atoms with Crippen molar-refractivity contribution in [3.05, 3.63) is 34.9 Å². The molecule has 0 saturated heterocycles. The summed E-state index contributed by atoms with van der Waals surface area (Å²) in [6.45, 7) is 5.69. The van der Waals surface area contributed by atoms with Gasteiger partial charge < -0.3 is 4.74 Å². The van der Waals surface area contributed by atoms with Gasteiger partial charge >= 0.3 is 5.97 Å². The van der Waals surface area contributed by atoms with Crippen molar-refractivity contribution in [1.29, 1.82) is 0 Å². The molecule has 104 valence electrons. The van der Waals surface area contributed by atoms with Crippen LogP contribution in [-0.4, -0.2) is 18.4 Å². The summed E-state index contributed by atoms with van der Waals surface area (Å²) in [6, 6.07) is 7.16. The molecule has 19 heavy (non-hydrogen) atoms. The number of hydrogen-bond acceptors (Lipinski definition) is 3. The Morgan fingerprint density at radius 1 is 1.26 bits per heavy atom. The van der Waals surface area contributed by atoms with Gasteiger partial charge in [-0.1, -0.05) is 43.6 Å². The zero-order valence-electron chi connectivity index (χ0n) is 11.5. The molecule has 0 heterocycles. The maximum absolute atomic E-state index is 12.3. The quantitative estimate of drug-likeness (QED) is 0.594. The number of Topliss-reactive ketones (excluding diaryl/α,β-unsaturated/α-hetero) is 1. The minimum Gasteiger partial charge on any atom is -0.465 e. The molecule has 0 bridgehead atoms. The van der Waals surface area contributed by atoms with Gasteiger partial charge in [-0.15, -0.1) is 0 Å². The first kappa shape index (κ1) is 15.7. The third-order valence-electron chi connectivity index (χ3n) is 2.88. The van der Waals surface area contributed by atoms with E-state index in [1.165, 1.54) is 0 Å². The first-order valence-electron chi connectivity index (χ1n) is 6.40. The first-order chi connectivity index (χ1) is 8.97. The SMILES string of the molecule is CCOC(=O)C(C(=O)Cc1ccccc1Cl)C(C)C. The Balaban J connectivity index is 2.84. The number of carbonyl (C=O) groups excluding carboxylic acids is 2. The number of ether oxygens (including phenoxy) is 1. The average molecular weight is 283 g/mol. The molecule has 1 unspecified atom stereocenters. The highest BCUT2D eigenvalue weighted by molar-refractivity contribution is 6.31. The lowest BCUT2D eigenvalue weighted by atomic mass is 9.88. The highest BCUT2D eigenvalue weighted by atomic mass is 35.5. The molecular formula is C15H19ClO3. The standard InChI is InChI=1S/C15H19ClO3/c1-4-19-15(18)14(10(2)3)13(17)9-11-7-5-6-8-12(11)16/h5-8,10,14H,4,9H2,1-3H3. The molecule has 0 amide bonds. The lowest BCUT2D eigenvalue weighted by molar-refractivity contribution is -0.153. The van der Waals surface area contributed by atoms with E-state index in [1.807, 2.05) is 26.0 Å². The number of halogens is 1. The van der Waals surface area contributed by atoms with Crippen LogP contribution in [-0.2, 0) is 20.7 Å². The van der Waals surface area contributed by atoms with Crippen molar-refractivity contribution < 1.29 is 14.3 Å². The number of hydrogen-bond donors (Lipinski definition) is 0. The third kappa shape index (κ3) is 4.35. The number of ketones is 1. The van der Waals surface area contributed by atoms with Crippen LogP contribution in [0.25, 0.3) is 0 Å². The Hall–Kier alpha value is -1.35. The van der Waals surface area contributed by atoms with Gasteiger partial charge in [-0.05, 0) is 24.5 Å². The van der Waals surface area contributed by atoms with E-state index in [0.717, 1.165) is 5.56 Å². The smallest absolute Gasteiger partial charge is 0.316 e. The summed E-state index contributed by atoms with van der Waals surface area (Å²) in [4.78, 5) is 24.1. The lowest BCUT2D eigenvalue weighted by Gasteiger charge is -2.18. The number of carbonyl (C=O) groups is 2. The van der Waals surface area contributed by atoms with E-state index in [2.05, 4.69) is 0 Å². The second-order valence-corrected chi connectivity index (χ2v) is 5.12. The summed E-state index contributed by atoms with van der Waals surface area (Å²) in [5.41, 5.74) is 0.740. The van der Waals surface area contributed by atoms with E-state index in [-0.39, 0.29) is 24.7 Å². The summed E-state index contributed by atoms with van der Waals surface area (Å²) in [5, 5.41) is 0.544. The Bertz CT molecular complexity index is 454. The largest absolute Gasteiger partial charge is 0.465 e. The van der Waals surface area contributed by atoms with Crippen molar-refractivity contribution in [1.82, 2.24) is 0 Å². The molecule has 0 N–H and O–H groups in total. The van der Waals surface area contributed by atoms with Gasteiger partial charge in [-0.2, -0.15) is 0 Å². The summed E-state index contributed by atoms with van der Waals surface area (Å²) in [7, 11) is 0. The van der Waals surface area contributed by atoms with Crippen LogP contribution < -0.4 is 0 Å². The molecule has 0 aliphatic heterocycles. The van der Waals surface area contributed by atoms with E-state index in [9.17, 15) is 9.59 Å². The molecule has 4 heteroatoms.